The molecule has 0 saturated heterocycles. The van der Waals surface area contributed by atoms with Crippen molar-refractivity contribution in [2.75, 3.05) is 14.2 Å². The summed E-state index contributed by atoms with van der Waals surface area (Å²) in [6.07, 6.45) is 0. The van der Waals surface area contributed by atoms with E-state index in [1.165, 1.54) is 26.4 Å². The summed E-state index contributed by atoms with van der Waals surface area (Å²) in [5, 5.41) is 0. The Bertz CT molecular complexity index is 307. The van der Waals surface area contributed by atoms with Gasteiger partial charge < -0.3 is 14.0 Å². The summed E-state index contributed by atoms with van der Waals surface area (Å²) in [5.41, 5.74) is 0. The summed E-state index contributed by atoms with van der Waals surface area (Å²) in [4.78, 5) is 0.149. The minimum atomic E-state index is -2.26. The van der Waals surface area contributed by atoms with Gasteiger partial charge in [0.1, 0.15) is 11.5 Å². The van der Waals surface area contributed by atoms with E-state index in [2.05, 4.69) is 0 Å². The summed E-state index contributed by atoms with van der Waals surface area (Å²) in [6, 6.07) is 4.45. The number of hydrogen-bond acceptors (Lipinski definition) is 4. The summed E-state index contributed by atoms with van der Waals surface area (Å²) in [6.45, 7) is 0. The van der Waals surface area contributed by atoms with Crippen LogP contribution >= 0.6 is 0 Å². The predicted octanol–water partition coefficient (Wildman–Crippen LogP) is -2.05. The Balaban J connectivity index is 0.00000169. The van der Waals surface area contributed by atoms with Gasteiger partial charge >= 0.3 is 29.6 Å². The second-order valence-electron chi connectivity index (χ2n) is 2.28. The molecule has 1 aromatic carbocycles. The first-order valence-electron chi connectivity index (χ1n) is 3.49. The molecule has 0 fully saturated rings. The number of benzene rings is 1. The molecular formula is C8H9NaO4S. The Labute approximate surface area is 107 Å². The minimum Gasteiger partial charge on any atom is -0.768 e. The van der Waals surface area contributed by atoms with Crippen molar-refractivity contribution in [2.45, 2.75) is 4.90 Å². The van der Waals surface area contributed by atoms with Gasteiger partial charge in [0, 0.05) is 11.0 Å². The summed E-state index contributed by atoms with van der Waals surface area (Å²) >= 11 is -2.26. The molecule has 1 rings (SSSR count). The van der Waals surface area contributed by atoms with Crippen LogP contribution < -0.4 is 39.0 Å². The van der Waals surface area contributed by atoms with Crippen molar-refractivity contribution in [1.82, 2.24) is 0 Å². The van der Waals surface area contributed by atoms with Crippen LogP contribution in [-0.4, -0.2) is 23.0 Å². The normalized spacial score (nSPS) is 11.4. The Morgan fingerprint density at radius 1 is 1.14 bits per heavy atom. The average Bonchev–Trinajstić information content (AvgIpc) is 2.16. The molecule has 0 radical (unpaired) electrons. The van der Waals surface area contributed by atoms with Crippen LogP contribution in [0.25, 0.3) is 0 Å². The second kappa shape index (κ2) is 6.42. The third-order valence-corrected chi connectivity index (χ3v) is 2.14. The fraction of sp³-hybridized carbons (Fsp3) is 0.250. The van der Waals surface area contributed by atoms with Gasteiger partial charge in [0.15, 0.2) is 0 Å². The molecule has 72 valence electrons. The third kappa shape index (κ3) is 3.59. The van der Waals surface area contributed by atoms with E-state index in [1.54, 1.807) is 6.07 Å². The fourth-order valence-corrected chi connectivity index (χ4v) is 1.30. The van der Waals surface area contributed by atoms with Gasteiger partial charge in [-0.25, -0.2) is 0 Å². The maximum absolute atomic E-state index is 10.6. The second-order valence-corrected chi connectivity index (χ2v) is 3.22. The SMILES string of the molecule is COc1cc(OC)cc(S(=O)[O-])c1.[Na+]. The van der Waals surface area contributed by atoms with Crippen molar-refractivity contribution in [3.63, 3.8) is 0 Å². The molecular weight excluding hydrogens is 215 g/mol. The monoisotopic (exact) mass is 224 g/mol. The van der Waals surface area contributed by atoms with Crippen molar-refractivity contribution in [1.29, 1.82) is 0 Å². The van der Waals surface area contributed by atoms with E-state index in [1.807, 2.05) is 0 Å². The molecule has 0 heterocycles. The van der Waals surface area contributed by atoms with Gasteiger partial charge in [-0.2, -0.15) is 0 Å². The molecule has 0 aliphatic carbocycles. The molecule has 14 heavy (non-hydrogen) atoms. The van der Waals surface area contributed by atoms with Crippen molar-refractivity contribution in [3.05, 3.63) is 18.2 Å². The van der Waals surface area contributed by atoms with Crippen LogP contribution in [0.4, 0.5) is 0 Å². The van der Waals surface area contributed by atoms with E-state index >= 15 is 0 Å². The summed E-state index contributed by atoms with van der Waals surface area (Å²) < 4.78 is 31.0. The minimum absolute atomic E-state index is 0. The quantitative estimate of drug-likeness (QED) is 0.438. The zero-order valence-corrected chi connectivity index (χ0v) is 11.1. The van der Waals surface area contributed by atoms with Crippen LogP contribution in [0.2, 0.25) is 0 Å². The van der Waals surface area contributed by atoms with Crippen molar-refractivity contribution < 1.29 is 47.8 Å². The molecule has 6 heteroatoms. The van der Waals surface area contributed by atoms with Gasteiger partial charge in [0.25, 0.3) is 0 Å². The molecule has 0 saturated carbocycles. The molecule has 0 amide bonds. The maximum atomic E-state index is 10.6. The molecule has 0 aliphatic heterocycles. The first-order valence-corrected chi connectivity index (χ1v) is 4.57. The Morgan fingerprint density at radius 3 is 1.86 bits per heavy atom. The standard InChI is InChI=1S/C8H10O4S.Na/c1-11-6-3-7(12-2)5-8(4-6)13(9)10;/h3-5H,1-2H3,(H,9,10);/q;+1/p-1. The molecule has 0 aromatic heterocycles. The van der Waals surface area contributed by atoms with Crippen molar-refractivity contribution >= 4 is 11.1 Å². The molecule has 1 aromatic rings. The largest absolute Gasteiger partial charge is 1.00 e. The van der Waals surface area contributed by atoms with Crippen LogP contribution in [0, 0.1) is 0 Å². The van der Waals surface area contributed by atoms with Crippen LogP contribution in [0.5, 0.6) is 11.5 Å². The maximum Gasteiger partial charge on any atom is 1.00 e. The summed E-state index contributed by atoms with van der Waals surface area (Å²) in [5.74, 6) is 0.914. The third-order valence-electron chi connectivity index (χ3n) is 1.52. The van der Waals surface area contributed by atoms with Crippen LogP contribution in [0.1, 0.15) is 0 Å². The molecule has 0 N–H and O–H groups in total. The van der Waals surface area contributed by atoms with Gasteiger partial charge in [-0.05, 0) is 23.2 Å². The topological polar surface area (TPSA) is 58.6 Å². The number of hydrogen-bond donors (Lipinski definition) is 0. The van der Waals surface area contributed by atoms with E-state index in [-0.39, 0.29) is 34.5 Å². The van der Waals surface area contributed by atoms with Gasteiger partial charge in [0.2, 0.25) is 0 Å². The van der Waals surface area contributed by atoms with Gasteiger partial charge in [0.05, 0.1) is 14.2 Å². The number of rotatable bonds is 3. The van der Waals surface area contributed by atoms with E-state index in [0.717, 1.165) is 0 Å². The predicted molar refractivity (Wildman–Crippen MR) is 46.7 cm³/mol. The van der Waals surface area contributed by atoms with E-state index in [9.17, 15) is 8.76 Å². The van der Waals surface area contributed by atoms with Crippen LogP contribution in [0.15, 0.2) is 23.1 Å². The molecule has 4 nitrogen and oxygen atoms in total. The van der Waals surface area contributed by atoms with Gasteiger partial charge in [-0.15, -0.1) is 0 Å². The number of methoxy groups -OCH3 is 2. The Morgan fingerprint density at radius 2 is 1.57 bits per heavy atom. The van der Waals surface area contributed by atoms with Crippen LogP contribution in [0.3, 0.4) is 0 Å². The van der Waals surface area contributed by atoms with Crippen molar-refractivity contribution in [3.8, 4) is 11.5 Å². The zero-order valence-electron chi connectivity index (χ0n) is 8.27. The first kappa shape index (κ1) is 13.9. The zero-order chi connectivity index (χ0) is 9.84. The smallest absolute Gasteiger partial charge is 0.768 e. The molecule has 0 spiro atoms. The number of ether oxygens (including phenoxy) is 2. The Hall–Kier alpha value is -0.0700. The molecule has 1 unspecified atom stereocenters. The van der Waals surface area contributed by atoms with Gasteiger partial charge in [-0.1, -0.05) is 0 Å². The average molecular weight is 224 g/mol. The van der Waals surface area contributed by atoms with Crippen LogP contribution in [-0.2, 0) is 11.1 Å². The van der Waals surface area contributed by atoms with Gasteiger partial charge in [-0.3, -0.25) is 4.21 Å². The first-order chi connectivity index (χ1) is 6.17. The Kier molecular flexibility index (Phi) is 6.39. The van der Waals surface area contributed by atoms with E-state index in [4.69, 9.17) is 9.47 Å². The van der Waals surface area contributed by atoms with E-state index in [0.29, 0.717) is 11.5 Å². The molecule has 1 atom stereocenters. The summed E-state index contributed by atoms with van der Waals surface area (Å²) in [7, 11) is 2.93. The molecule has 0 aliphatic rings. The fourth-order valence-electron chi connectivity index (χ4n) is 0.878. The van der Waals surface area contributed by atoms with Crippen molar-refractivity contribution in [2.24, 2.45) is 0 Å². The molecule has 0 bridgehead atoms. The van der Waals surface area contributed by atoms with E-state index < -0.39 is 11.1 Å².